The molecule has 1 aliphatic rings. The highest BCUT2D eigenvalue weighted by molar-refractivity contribution is 6.12. The molecule has 4 heterocycles. The summed E-state index contributed by atoms with van der Waals surface area (Å²) in [4.78, 5) is 29.8. The second kappa shape index (κ2) is 18.0. The number of allylic oxidation sites excluding steroid dienone is 4. The largest absolute Gasteiger partial charge is 0.309 e. The lowest BCUT2D eigenvalue weighted by atomic mass is 10.0. The fraction of sp³-hybridized carbons (Fsp3) is 0.0303. The van der Waals surface area contributed by atoms with Gasteiger partial charge < -0.3 is 9.13 Å². The average Bonchev–Trinajstić information content (AvgIpc) is 4.02. The first-order valence-electron chi connectivity index (χ1n) is 25.0. The Morgan fingerprint density at radius 1 is 0.270 bits per heavy atom. The lowest BCUT2D eigenvalue weighted by Gasteiger charge is -2.12. The summed E-state index contributed by atoms with van der Waals surface area (Å²) in [6.07, 6.45) is 8.52. The standard InChI is InChI=1S/C66H44N8/c1-5-17-43(18-6-1)61-67-62(44-19-7-2-8-20-44)70-65(69-61)47-29-35-51(36-30-47)73-57-27-15-13-25-53(57)55-41-49(33-39-59(55)73)50-34-40-60-56(42-50)54-26-14-16-28-58(54)74(60)52-37-31-48(32-38-52)66-71-63(45-21-9-3-10-22-45)68-64(72-66)46-23-11-4-12-24-46/h1-3,5-11,13-42H,4,12H2. The monoisotopic (exact) mass is 948 g/mol. The van der Waals surface area contributed by atoms with Crippen LogP contribution in [-0.4, -0.2) is 39.0 Å². The lowest BCUT2D eigenvalue weighted by Crippen LogP contribution is -2.03. The van der Waals surface area contributed by atoms with E-state index in [0.717, 1.165) is 90.8 Å². The van der Waals surface area contributed by atoms with Crippen LogP contribution in [0, 0.1) is 0 Å². The van der Waals surface area contributed by atoms with Gasteiger partial charge in [0.05, 0.1) is 22.1 Å². The summed E-state index contributed by atoms with van der Waals surface area (Å²) in [6, 6.07) is 78.6. The molecule has 0 saturated heterocycles. The molecule has 74 heavy (non-hydrogen) atoms. The Bertz CT molecular complexity index is 4270. The maximum atomic E-state index is 5.01. The zero-order valence-electron chi connectivity index (χ0n) is 40.1. The average molecular weight is 949 g/mol. The third kappa shape index (κ3) is 7.64. The second-order valence-electron chi connectivity index (χ2n) is 18.6. The van der Waals surface area contributed by atoms with Crippen LogP contribution >= 0.6 is 0 Å². The normalized spacial score (nSPS) is 12.5. The second-order valence-corrected chi connectivity index (χ2v) is 18.6. The quantitative estimate of drug-likeness (QED) is 0.143. The molecule has 0 unspecified atom stereocenters. The highest BCUT2D eigenvalue weighted by atomic mass is 15.0. The molecule has 348 valence electrons. The number of aromatic nitrogens is 8. The van der Waals surface area contributed by atoms with Crippen molar-refractivity contribution in [2.45, 2.75) is 12.8 Å². The van der Waals surface area contributed by atoms with Crippen molar-refractivity contribution in [2.75, 3.05) is 0 Å². The van der Waals surface area contributed by atoms with E-state index < -0.39 is 0 Å². The number of nitrogens with zero attached hydrogens (tertiary/aromatic N) is 8. The van der Waals surface area contributed by atoms with Crippen LogP contribution in [0.3, 0.4) is 0 Å². The van der Waals surface area contributed by atoms with E-state index in [9.17, 15) is 0 Å². The van der Waals surface area contributed by atoms with E-state index in [1.165, 1.54) is 21.5 Å². The van der Waals surface area contributed by atoms with E-state index >= 15 is 0 Å². The van der Waals surface area contributed by atoms with E-state index in [2.05, 4.69) is 161 Å². The zero-order valence-corrected chi connectivity index (χ0v) is 40.1. The first-order chi connectivity index (χ1) is 36.7. The fourth-order valence-electron chi connectivity index (χ4n) is 10.4. The van der Waals surface area contributed by atoms with Crippen LogP contribution < -0.4 is 0 Å². The van der Waals surface area contributed by atoms with Crippen LogP contribution in [0.25, 0.3) is 129 Å². The van der Waals surface area contributed by atoms with Crippen LogP contribution in [-0.2, 0) is 0 Å². The van der Waals surface area contributed by atoms with Crippen molar-refractivity contribution in [2.24, 2.45) is 0 Å². The molecular formula is C66H44N8. The topological polar surface area (TPSA) is 87.2 Å². The fourth-order valence-corrected chi connectivity index (χ4v) is 10.4. The Kier molecular flexibility index (Phi) is 10.5. The lowest BCUT2D eigenvalue weighted by molar-refractivity contribution is 1.01. The number of benzene rings is 9. The van der Waals surface area contributed by atoms with Gasteiger partial charge in [-0.3, -0.25) is 0 Å². The van der Waals surface area contributed by atoms with Gasteiger partial charge in [0.1, 0.15) is 0 Å². The number of fused-ring (bicyclic) bond motifs is 6. The van der Waals surface area contributed by atoms with Crippen molar-refractivity contribution in [1.29, 1.82) is 0 Å². The predicted molar refractivity (Wildman–Crippen MR) is 301 cm³/mol. The first kappa shape index (κ1) is 42.9. The molecule has 4 aromatic heterocycles. The van der Waals surface area contributed by atoms with Gasteiger partial charge in [-0.15, -0.1) is 0 Å². The third-order valence-corrected chi connectivity index (χ3v) is 14.1. The van der Waals surface area contributed by atoms with E-state index in [-0.39, 0.29) is 0 Å². The van der Waals surface area contributed by atoms with Gasteiger partial charge in [-0.05, 0) is 109 Å². The van der Waals surface area contributed by atoms with Crippen LogP contribution in [0.5, 0.6) is 0 Å². The minimum atomic E-state index is 0.627. The molecule has 8 heteroatoms. The van der Waals surface area contributed by atoms with Crippen molar-refractivity contribution in [3.05, 3.63) is 249 Å². The SMILES string of the molecule is C1=CC(c2nc(-c3ccccc3)nc(-c3ccc(-n4c5ccccc5c5cc(-c6ccc7c(c6)c6ccccc6n7-c6ccc(-c7nc(-c8ccccc8)nc(-c8ccccc8)n7)cc6)ccc54)cc3)n2)=CCC1. The molecule has 0 aliphatic heterocycles. The van der Waals surface area contributed by atoms with Crippen LogP contribution in [0.2, 0.25) is 0 Å². The highest BCUT2D eigenvalue weighted by Gasteiger charge is 2.19. The van der Waals surface area contributed by atoms with Crippen molar-refractivity contribution < 1.29 is 0 Å². The molecule has 9 aromatic carbocycles. The number of rotatable bonds is 9. The maximum Gasteiger partial charge on any atom is 0.164 e. The third-order valence-electron chi connectivity index (χ3n) is 14.1. The van der Waals surface area contributed by atoms with Crippen LogP contribution in [0.15, 0.2) is 243 Å². The van der Waals surface area contributed by atoms with Gasteiger partial charge in [-0.2, -0.15) is 0 Å². The van der Waals surface area contributed by atoms with Crippen LogP contribution in [0.1, 0.15) is 18.7 Å². The van der Waals surface area contributed by atoms with Gasteiger partial charge in [-0.1, -0.05) is 158 Å². The summed E-state index contributed by atoms with van der Waals surface area (Å²) in [6.45, 7) is 0. The van der Waals surface area contributed by atoms with E-state index in [0.29, 0.717) is 34.9 Å². The molecule has 0 spiro atoms. The summed E-state index contributed by atoms with van der Waals surface area (Å²) < 4.78 is 4.71. The molecule has 8 nitrogen and oxygen atoms in total. The summed E-state index contributed by atoms with van der Waals surface area (Å²) in [5.41, 5.74) is 14.7. The molecular weight excluding hydrogens is 905 g/mol. The van der Waals surface area contributed by atoms with Gasteiger partial charge in [0.25, 0.3) is 0 Å². The minimum absolute atomic E-state index is 0.627. The Morgan fingerprint density at radius 2 is 0.608 bits per heavy atom. The Morgan fingerprint density at radius 3 is 1.00 bits per heavy atom. The van der Waals surface area contributed by atoms with Crippen LogP contribution in [0.4, 0.5) is 0 Å². The smallest absolute Gasteiger partial charge is 0.164 e. The molecule has 0 radical (unpaired) electrons. The number of para-hydroxylation sites is 2. The van der Waals surface area contributed by atoms with Crippen molar-refractivity contribution in [3.63, 3.8) is 0 Å². The minimum Gasteiger partial charge on any atom is -0.309 e. The van der Waals surface area contributed by atoms with Crippen molar-refractivity contribution in [1.82, 2.24) is 39.0 Å². The van der Waals surface area contributed by atoms with E-state index in [1.54, 1.807) is 0 Å². The van der Waals surface area contributed by atoms with Gasteiger partial charge in [0, 0.05) is 66.3 Å². The highest BCUT2D eigenvalue weighted by Crippen LogP contribution is 2.39. The number of hydrogen-bond acceptors (Lipinski definition) is 6. The molecule has 1 aliphatic carbocycles. The van der Waals surface area contributed by atoms with Gasteiger partial charge in [0.15, 0.2) is 34.9 Å². The molecule has 0 atom stereocenters. The summed E-state index contributed by atoms with van der Waals surface area (Å²) >= 11 is 0. The first-order valence-corrected chi connectivity index (χ1v) is 25.0. The Balaban J connectivity index is 0.812. The summed E-state index contributed by atoms with van der Waals surface area (Å²) in [5.74, 6) is 3.91. The Labute approximate surface area is 427 Å². The molecule has 0 bridgehead atoms. The zero-order chi connectivity index (χ0) is 49.0. The Hall–Kier alpha value is -9.92. The van der Waals surface area contributed by atoms with Gasteiger partial charge >= 0.3 is 0 Å². The summed E-state index contributed by atoms with van der Waals surface area (Å²) in [5, 5.41) is 4.77. The molecule has 14 rings (SSSR count). The molecule has 0 fully saturated rings. The van der Waals surface area contributed by atoms with Gasteiger partial charge in [0.2, 0.25) is 0 Å². The predicted octanol–water partition coefficient (Wildman–Crippen LogP) is 16.0. The van der Waals surface area contributed by atoms with Crippen molar-refractivity contribution in [3.8, 4) is 79.4 Å². The molecule has 0 N–H and O–H groups in total. The van der Waals surface area contributed by atoms with E-state index in [4.69, 9.17) is 29.9 Å². The molecule has 13 aromatic rings. The summed E-state index contributed by atoms with van der Waals surface area (Å²) in [7, 11) is 0. The molecule has 0 amide bonds. The van der Waals surface area contributed by atoms with Gasteiger partial charge in [-0.25, -0.2) is 29.9 Å². The molecule has 0 saturated carbocycles. The maximum absolute atomic E-state index is 5.01. The number of hydrogen-bond donors (Lipinski definition) is 0. The van der Waals surface area contributed by atoms with Crippen molar-refractivity contribution >= 4 is 49.2 Å². The van der Waals surface area contributed by atoms with E-state index in [1.807, 2.05) is 91.0 Å².